The van der Waals surface area contributed by atoms with Crippen LogP contribution in [0, 0.1) is 0 Å². The Morgan fingerprint density at radius 3 is 2.21 bits per heavy atom. The Hall–Kier alpha value is 0.861. The molecular weight excluding hydrogens is 244 g/mol. The number of nitrogens with zero attached hydrogens (tertiary/aromatic N) is 1. The monoisotopic (exact) mass is 264 g/mol. The van der Waals surface area contributed by atoms with Gasteiger partial charge in [0.05, 0.1) is 0 Å². The largest absolute Gasteiger partial charge is 0.371 e. The van der Waals surface area contributed by atoms with Gasteiger partial charge in [0.2, 0.25) is 0 Å². The molecule has 0 aromatic heterocycles. The fourth-order valence-corrected chi connectivity index (χ4v) is 7.85. The van der Waals surface area contributed by atoms with E-state index in [4.69, 9.17) is 11.6 Å². The highest BCUT2D eigenvalue weighted by Crippen LogP contribution is 2.05. The summed E-state index contributed by atoms with van der Waals surface area (Å²) in [6.07, 6.45) is 1.10. The lowest BCUT2D eigenvalue weighted by molar-refractivity contribution is 0.644. The molecule has 0 fully saturated rings. The molecule has 2 nitrogen and oxygen atoms in total. The lowest BCUT2D eigenvalue weighted by atomic mass is 10.4. The first-order valence-electron chi connectivity index (χ1n) is 4.94. The summed E-state index contributed by atoms with van der Waals surface area (Å²) in [6.45, 7) is 11.5. The highest BCUT2D eigenvalue weighted by atomic mass is 35.5. The van der Waals surface area contributed by atoms with Crippen LogP contribution in [0.4, 0.5) is 0 Å². The molecule has 0 rings (SSSR count). The number of rotatable bonds is 7. The predicted molar refractivity (Wildman–Crippen MR) is 70.6 cm³/mol. The van der Waals surface area contributed by atoms with Crippen LogP contribution in [-0.4, -0.2) is 49.2 Å². The van der Waals surface area contributed by atoms with Crippen LogP contribution in [-0.2, 0) is 0 Å². The molecule has 1 N–H and O–H groups in total. The molecule has 4 radical (unpaired) electrons. The zero-order valence-electron chi connectivity index (χ0n) is 9.82. The molecule has 0 aliphatic rings. The third-order valence-electron chi connectivity index (χ3n) is 1.64. The van der Waals surface area contributed by atoms with Gasteiger partial charge in [-0.25, -0.2) is 0 Å². The van der Waals surface area contributed by atoms with Gasteiger partial charge in [0, 0.05) is 17.7 Å². The average Bonchev–Trinajstić information content (AvgIpc) is 2.00. The van der Waals surface area contributed by atoms with Gasteiger partial charge in [0.15, 0.2) is 0 Å². The maximum Gasteiger partial charge on any atom is 0.143 e. The molecule has 0 amide bonds. The van der Waals surface area contributed by atoms with Crippen molar-refractivity contribution in [3.8, 4) is 0 Å². The molecule has 0 spiro atoms. The van der Waals surface area contributed by atoms with Crippen molar-refractivity contribution >= 4 is 39.2 Å². The Morgan fingerprint density at radius 2 is 1.86 bits per heavy atom. The summed E-state index contributed by atoms with van der Waals surface area (Å²) < 4.78 is 2.61. The third-order valence-corrected chi connectivity index (χ3v) is 10.4. The van der Waals surface area contributed by atoms with Crippen LogP contribution in [0.25, 0.3) is 0 Å². The van der Waals surface area contributed by atoms with Crippen LogP contribution in [0.2, 0.25) is 19.6 Å². The normalized spacial score (nSPS) is 12.9. The number of nitrogens with one attached hydrogen (secondary N) is 1. The maximum atomic E-state index is 5.82. The number of halogens is 1. The number of hydrogen-bond acceptors (Lipinski definition) is 2. The first kappa shape index (κ1) is 14.9. The summed E-state index contributed by atoms with van der Waals surface area (Å²) in [5, 5.41) is 3.46. The summed E-state index contributed by atoms with van der Waals surface area (Å²) in [4.78, 5) is 0. The zero-order chi connectivity index (χ0) is 11.2. The first-order valence-corrected chi connectivity index (χ1v) is 11.2. The minimum Gasteiger partial charge on any atom is -0.371 e. The molecule has 0 aromatic carbocycles. The zero-order valence-corrected chi connectivity index (χ0v) is 13.6. The summed E-state index contributed by atoms with van der Waals surface area (Å²) in [5.41, 5.74) is 0.777. The van der Waals surface area contributed by atoms with Gasteiger partial charge in [0.1, 0.15) is 27.6 Å². The van der Waals surface area contributed by atoms with Crippen LogP contribution in [0.15, 0.2) is 0 Å². The number of alkyl halides is 1. The van der Waals surface area contributed by atoms with Crippen LogP contribution in [0.5, 0.6) is 0 Å². The molecule has 0 heterocycles. The van der Waals surface area contributed by atoms with Crippen molar-refractivity contribution in [1.29, 1.82) is 0 Å². The summed E-state index contributed by atoms with van der Waals surface area (Å²) in [7, 11) is 0.534. The van der Waals surface area contributed by atoms with E-state index >= 15 is 0 Å². The van der Waals surface area contributed by atoms with Crippen LogP contribution < -0.4 is 5.32 Å². The topological polar surface area (TPSA) is 15.3 Å². The van der Waals surface area contributed by atoms with Crippen LogP contribution >= 0.6 is 11.6 Å². The van der Waals surface area contributed by atoms with Gasteiger partial charge in [-0.15, -0.1) is 11.6 Å². The maximum absolute atomic E-state index is 5.82. The van der Waals surface area contributed by atoms with Gasteiger partial charge < -0.3 is 9.21 Å². The summed E-state index contributed by atoms with van der Waals surface area (Å²) >= 11 is 5.82. The Kier molecular flexibility index (Phi) is 7.63. The summed E-state index contributed by atoms with van der Waals surface area (Å²) in [6, 6.07) is 0.588. The fourth-order valence-electron chi connectivity index (χ4n) is 0.919. The highest BCUT2D eigenvalue weighted by Gasteiger charge is 2.23. The average molecular weight is 265 g/mol. The SMILES string of the molecule is CC(C)NC[Si]N([Si]CCl)[Si](C)(C)C. The van der Waals surface area contributed by atoms with Crippen molar-refractivity contribution in [2.45, 2.75) is 39.5 Å². The second-order valence-electron chi connectivity index (χ2n) is 4.49. The highest BCUT2D eigenvalue weighted by molar-refractivity contribution is 6.87. The van der Waals surface area contributed by atoms with Gasteiger partial charge in [-0.1, -0.05) is 33.5 Å². The predicted octanol–water partition coefficient (Wildman–Crippen LogP) is 1.51. The standard InChI is InChI=1S/C8H21ClN2Si3/c1-8(2)10-7-13-11(12-6-9)14(3,4)5/h8,10H,6-7H2,1-5H3. The van der Waals surface area contributed by atoms with E-state index < -0.39 is 8.24 Å². The smallest absolute Gasteiger partial charge is 0.143 e. The Morgan fingerprint density at radius 1 is 1.29 bits per heavy atom. The molecule has 0 aromatic rings. The van der Waals surface area contributed by atoms with Crippen molar-refractivity contribution in [3.63, 3.8) is 0 Å². The van der Waals surface area contributed by atoms with Gasteiger partial charge in [0.25, 0.3) is 0 Å². The molecule has 6 heteroatoms. The fraction of sp³-hybridized carbons (Fsp3) is 1.00. The van der Waals surface area contributed by atoms with E-state index in [1.807, 2.05) is 0 Å². The van der Waals surface area contributed by atoms with Crippen LogP contribution in [0.3, 0.4) is 0 Å². The molecule has 0 bridgehead atoms. The van der Waals surface area contributed by atoms with E-state index in [1.54, 1.807) is 0 Å². The van der Waals surface area contributed by atoms with Crippen molar-refractivity contribution in [2.75, 3.05) is 11.7 Å². The Labute approximate surface area is 99.7 Å². The molecule has 14 heavy (non-hydrogen) atoms. The summed E-state index contributed by atoms with van der Waals surface area (Å²) in [5.74, 6) is 0. The van der Waals surface area contributed by atoms with Gasteiger partial charge in [-0.2, -0.15) is 0 Å². The van der Waals surface area contributed by atoms with Crippen molar-refractivity contribution in [3.05, 3.63) is 0 Å². The molecule has 0 aliphatic carbocycles. The van der Waals surface area contributed by atoms with E-state index in [9.17, 15) is 0 Å². The quantitative estimate of drug-likeness (QED) is 0.554. The Balaban J connectivity index is 3.86. The van der Waals surface area contributed by atoms with Gasteiger partial charge in [-0.05, 0) is 0 Å². The van der Waals surface area contributed by atoms with Crippen molar-refractivity contribution in [2.24, 2.45) is 0 Å². The molecule has 82 valence electrons. The van der Waals surface area contributed by atoms with E-state index in [0.717, 1.165) is 31.0 Å². The molecule has 0 unspecified atom stereocenters. The number of hydrogen-bond donors (Lipinski definition) is 1. The Bertz CT molecular complexity index is 150. The lowest BCUT2D eigenvalue weighted by Crippen LogP contribution is -2.53. The molecule has 0 saturated heterocycles. The van der Waals surface area contributed by atoms with E-state index in [-0.39, 0.29) is 0 Å². The molecule has 0 saturated carbocycles. The second kappa shape index (κ2) is 7.19. The third kappa shape index (κ3) is 7.19. The van der Waals surface area contributed by atoms with E-state index in [0.29, 0.717) is 6.04 Å². The van der Waals surface area contributed by atoms with Gasteiger partial charge >= 0.3 is 0 Å². The minimum absolute atomic E-state index is 0.588. The molecular formula is C8H21ClN2Si3. The first-order chi connectivity index (χ1) is 6.38. The van der Waals surface area contributed by atoms with Gasteiger partial charge in [-0.3, -0.25) is 0 Å². The van der Waals surface area contributed by atoms with Crippen molar-refractivity contribution < 1.29 is 0 Å². The molecule has 0 atom stereocenters. The minimum atomic E-state index is -1.15. The van der Waals surface area contributed by atoms with Crippen LogP contribution in [0.1, 0.15) is 13.8 Å². The second-order valence-corrected chi connectivity index (χ2v) is 13.6. The lowest BCUT2D eigenvalue weighted by Gasteiger charge is -2.33. The van der Waals surface area contributed by atoms with E-state index in [2.05, 4.69) is 42.7 Å². The van der Waals surface area contributed by atoms with Crippen molar-refractivity contribution in [1.82, 2.24) is 9.21 Å². The van der Waals surface area contributed by atoms with E-state index in [1.165, 1.54) is 0 Å². The molecule has 0 aliphatic heterocycles.